The summed E-state index contributed by atoms with van der Waals surface area (Å²) < 4.78 is 32.8. The van der Waals surface area contributed by atoms with Crippen LogP contribution in [0.4, 0.5) is 0 Å². The molecule has 1 aliphatic heterocycles. The molecule has 0 spiro atoms. The van der Waals surface area contributed by atoms with Crippen molar-refractivity contribution in [2.45, 2.75) is 36.3 Å². The lowest BCUT2D eigenvalue weighted by Gasteiger charge is -2.19. The Balaban J connectivity index is 1.80. The van der Waals surface area contributed by atoms with E-state index in [0.717, 1.165) is 12.8 Å². The van der Waals surface area contributed by atoms with Gasteiger partial charge in [-0.15, -0.1) is 0 Å². The Bertz CT molecular complexity index is 568. The summed E-state index contributed by atoms with van der Waals surface area (Å²) in [6.07, 6.45) is 2.90. The van der Waals surface area contributed by atoms with Gasteiger partial charge < -0.3 is 9.84 Å². The SMILES string of the molecule is O=S(=O)(NC1CCOC1C1CC1)c1ccccc1O. The van der Waals surface area contributed by atoms with E-state index in [2.05, 4.69) is 4.72 Å². The number of phenolic OH excluding ortho intramolecular Hbond substituents is 1. The number of hydrogen-bond acceptors (Lipinski definition) is 4. The summed E-state index contributed by atoms with van der Waals surface area (Å²) >= 11 is 0. The first kappa shape index (κ1) is 12.9. The van der Waals surface area contributed by atoms with E-state index in [9.17, 15) is 13.5 Å². The van der Waals surface area contributed by atoms with Gasteiger partial charge in [0.2, 0.25) is 10.0 Å². The zero-order valence-corrected chi connectivity index (χ0v) is 11.3. The number of rotatable bonds is 4. The van der Waals surface area contributed by atoms with Gasteiger partial charge in [-0.1, -0.05) is 12.1 Å². The summed E-state index contributed by atoms with van der Waals surface area (Å²) in [4.78, 5) is -0.0727. The second-order valence-corrected chi connectivity index (χ2v) is 6.84. The van der Waals surface area contributed by atoms with Crippen molar-refractivity contribution < 1.29 is 18.3 Å². The van der Waals surface area contributed by atoms with Gasteiger partial charge in [0.25, 0.3) is 0 Å². The Morgan fingerprint density at radius 2 is 1.95 bits per heavy atom. The van der Waals surface area contributed by atoms with Gasteiger partial charge in [0.05, 0.1) is 12.1 Å². The van der Waals surface area contributed by atoms with E-state index < -0.39 is 10.0 Å². The van der Waals surface area contributed by atoms with Crippen LogP contribution >= 0.6 is 0 Å². The van der Waals surface area contributed by atoms with Crippen molar-refractivity contribution in [3.63, 3.8) is 0 Å². The number of nitrogens with one attached hydrogen (secondary N) is 1. The molecule has 1 aromatic rings. The van der Waals surface area contributed by atoms with Crippen molar-refractivity contribution in [3.05, 3.63) is 24.3 Å². The molecule has 1 aliphatic carbocycles. The fourth-order valence-corrected chi connectivity index (χ4v) is 3.95. The first-order valence-electron chi connectivity index (χ1n) is 6.50. The van der Waals surface area contributed by atoms with Crippen LogP contribution in [0.25, 0.3) is 0 Å². The van der Waals surface area contributed by atoms with Gasteiger partial charge in [0.15, 0.2) is 0 Å². The smallest absolute Gasteiger partial charge is 0.244 e. The topological polar surface area (TPSA) is 75.6 Å². The molecular formula is C13H17NO4S. The van der Waals surface area contributed by atoms with E-state index in [0.29, 0.717) is 18.9 Å². The third-order valence-corrected chi connectivity index (χ3v) is 5.22. The largest absolute Gasteiger partial charge is 0.507 e. The average Bonchev–Trinajstić information content (AvgIpc) is 3.11. The summed E-state index contributed by atoms with van der Waals surface area (Å²) in [6, 6.07) is 5.78. The molecule has 0 bridgehead atoms. The third-order valence-electron chi connectivity index (χ3n) is 3.68. The lowest BCUT2D eigenvalue weighted by Crippen LogP contribution is -2.41. The fourth-order valence-electron chi connectivity index (χ4n) is 2.57. The van der Waals surface area contributed by atoms with Crippen molar-refractivity contribution in [3.8, 4) is 5.75 Å². The summed E-state index contributed by atoms with van der Waals surface area (Å²) in [5.41, 5.74) is 0. The maximum atomic E-state index is 12.3. The third kappa shape index (κ3) is 2.61. The van der Waals surface area contributed by atoms with Crippen LogP contribution in [0, 0.1) is 5.92 Å². The Morgan fingerprint density at radius 1 is 1.21 bits per heavy atom. The molecule has 1 saturated carbocycles. The maximum absolute atomic E-state index is 12.3. The van der Waals surface area contributed by atoms with Crippen molar-refractivity contribution in [1.82, 2.24) is 4.72 Å². The molecule has 5 nitrogen and oxygen atoms in total. The fraction of sp³-hybridized carbons (Fsp3) is 0.538. The van der Waals surface area contributed by atoms with Gasteiger partial charge in [0.1, 0.15) is 10.6 Å². The van der Waals surface area contributed by atoms with Crippen LogP contribution in [0.1, 0.15) is 19.3 Å². The summed E-state index contributed by atoms with van der Waals surface area (Å²) in [7, 11) is -3.69. The minimum absolute atomic E-state index is 0.0133. The molecule has 2 atom stereocenters. The molecule has 0 aromatic heterocycles. The van der Waals surface area contributed by atoms with Crippen LogP contribution in [0.5, 0.6) is 5.75 Å². The predicted octanol–water partition coefficient (Wildman–Crippen LogP) is 1.24. The Hall–Kier alpha value is -1.11. The average molecular weight is 283 g/mol. The first-order chi connectivity index (χ1) is 9.08. The van der Waals surface area contributed by atoms with Gasteiger partial charge >= 0.3 is 0 Å². The first-order valence-corrected chi connectivity index (χ1v) is 7.98. The molecule has 3 rings (SSSR count). The van der Waals surface area contributed by atoms with E-state index in [1.54, 1.807) is 12.1 Å². The van der Waals surface area contributed by atoms with Crippen molar-refractivity contribution in [2.24, 2.45) is 5.92 Å². The van der Waals surface area contributed by atoms with Gasteiger partial charge in [0, 0.05) is 6.61 Å². The molecule has 19 heavy (non-hydrogen) atoms. The number of para-hydroxylation sites is 1. The van der Waals surface area contributed by atoms with Crippen molar-refractivity contribution in [2.75, 3.05) is 6.61 Å². The highest BCUT2D eigenvalue weighted by Crippen LogP contribution is 2.39. The highest BCUT2D eigenvalue weighted by molar-refractivity contribution is 7.89. The molecule has 1 heterocycles. The van der Waals surface area contributed by atoms with E-state index in [-0.39, 0.29) is 22.8 Å². The number of hydrogen-bond donors (Lipinski definition) is 2. The Morgan fingerprint density at radius 3 is 2.63 bits per heavy atom. The molecule has 1 saturated heterocycles. The molecule has 0 amide bonds. The number of phenols is 1. The van der Waals surface area contributed by atoms with Crippen LogP contribution in [0.2, 0.25) is 0 Å². The van der Waals surface area contributed by atoms with E-state index in [1.807, 2.05) is 0 Å². The normalized spacial score (nSPS) is 27.6. The van der Waals surface area contributed by atoms with Gasteiger partial charge in [-0.3, -0.25) is 0 Å². The summed E-state index contributed by atoms with van der Waals surface area (Å²) in [6.45, 7) is 0.592. The minimum Gasteiger partial charge on any atom is -0.507 e. The minimum atomic E-state index is -3.69. The molecule has 2 N–H and O–H groups in total. The van der Waals surface area contributed by atoms with Gasteiger partial charge in [-0.2, -0.15) is 0 Å². The molecule has 6 heteroatoms. The zero-order valence-electron chi connectivity index (χ0n) is 10.5. The lowest BCUT2D eigenvalue weighted by molar-refractivity contribution is 0.0848. The molecule has 2 unspecified atom stereocenters. The monoisotopic (exact) mass is 283 g/mol. The van der Waals surface area contributed by atoms with Crippen LogP contribution in [-0.4, -0.2) is 32.3 Å². The number of benzene rings is 1. The van der Waals surface area contributed by atoms with Crippen molar-refractivity contribution >= 4 is 10.0 Å². The van der Waals surface area contributed by atoms with Crippen molar-refractivity contribution in [1.29, 1.82) is 0 Å². The Labute approximate surface area is 112 Å². The number of sulfonamides is 1. The summed E-state index contributed by atoms with van der Waals surface area (Å²) in [5, 5.41) is 9.66. The van der Waals surface area contributed by atoms with Crippen LogP contribution in [0.15, 0.2) is 29.2 Å². The standard InChI is InChI=1S/C13H17NO4S/c15-11-3-1-2-4-12(11)19(16,17)14-10-7-8-18-13(10)9-5-6-9/h1-4,9-10,13-15H,5-8H2. The molecular weight excluding hydrogens is 266 g/mol. The zero-order chi connectivity index (χ0) is 13.5. The van der Waals surface area contributed by atoms with E-state index in [1.165, 1.54) is 12.1 Å². The van der Waals surface area contributed by atoms with Gasteiger partial charge in [-0.05, 0) is 37.3 Å². The summed E-state index contributed by atoms with van der Waals surface area (Å²) in [5.74, 6) is 0.261. The van der Waals surface area contributed by atoms with Crippen LogP contribution in [-0.2, 0) is 14.8 Å². The quantitative estimate of drug-likeness (QED) is 0.871. The molecule has 104 valence electrons. The highest BCUT2D eigenvalue weighted by Gasteiger charge is 2.42. The highest BCUT2D eigenvalue weighted by atomic mass is 32.2. The second kappa shape index (κ2) is 4.77. The van der Waals surface area contributed by atoms with Gasteiger partial charge in [-0.25, -0.2) is 13.1 Å². The second-order valence-electron chi connectivity index (χ2n) is 5.16. The number of aromatic hydroxyl groups is 1. The molecule has 2 aliphatic rings. The lowest BCUT2D eigenvalue weighted by atomic mass is 10.1. The number of ether oxygens (including phenoxy) is 1. The van der Waals surface area contributed by atoms with E-state index >= 15 is 0 Å². The maximum Gasteiger partial charge on any atom is 0.244 e. The molecule has 0 radical (unpaired) electrons. The predicted molar refractivity (Wildman–Crippen MR) is 69.3 cm³/mol. The van der Waals surface area contributed by atoms with E-state index in [4.69, 9.17) is 4.74 Å². The molecule has 1 aromatic carbocycles. The molecule has 2 fully saturated rings. The Kier molecular flexibility index (Phi) is 3.24. The van der Waals surface area contributed by atoms with Crippen LogP contribution < -0.4 is 4.72 Å². The van der Waals surface area contributed by atoms with Crippen LogP contribution in [0.3, 0.4) is 0 Å².